The Labute approximate surface area is 285 Å². The normalized spacial score (nSPS) is 11.2. The van der Waals surface area contributed by atoms with Gasteiger partial charge in [-0.3, -0.25) is 0 Å². The molecule has 1 aromatic rings. The van der Waals surface area contributed by atoms with Gasteiger partial charge in [0.1, 0.15) is 0 Å². The Morgan fingerprint density at radius 1 is 0.348 bits per heavy atom. The molecule has 4 nitrogen and oxygen atoms in total. The number of hydrogen-bond donors (Lipinski definition) is 0. The lowest BCUT2D eigenvalue weighted by atomic mass is 10.0. The highest BCUT2D eigenvalue weighted by atomic mass is 16.5. The zero-order valence-corrected chi connectivity index (χ0v) is 30.6. The molecule has 0 heterocycles. The van der Waals surface area contributed by atoms with Crippen molar-refractivity contribution in [3.05, 3.63) is 35.4 Å². The van der Waals surface area contributed by atoms with Crippen molar-refractivity contribution < 1.29 is 19.1 Å². The number of ether oxygens (including phenoxy) is 2. The molecule has 0 atom stereocenters. The maximum atomic E-state index is 12.4. The first-order valence-corrected chi connectivity index (χ1v) is 20.1. The van der Waals surface area contributed by atoms with Gasteiger partial charge in [-0.25, -0.2) is 9.59 Å². The summed E-state index contributed by atoms with van der Waals surface area (Å²) < 4.78 is 10.9. The van der Waals surface area contributed by atoms with Gasteiger partial charge in [0.15, 0.2) is 0 Å². The molecule has 0 fully saturated rings. The van der Waals surface area contributed by atoms with E-state index < -0.39 is 0 Å². The third kappa shape index (κ3) is 26.3. The minimum Gasteiger partial charge on any atom is -0.462 e. The van der Waals surface area contributed by atoms with Crippen LogP contribution in [0.5, 0.6) is 0 Å². The minimum absolute atomic E-state index is 0.317. The zero-order valence-electron chi connectivity index (χ0n) is 30.6. The van der Waals surface area contributed by atoms with Crippen molar-refractivity contribution in [1.82, 2.24) is 0 Å². The van der Waals surface area contributed by atoms with Crippen LogP contribution < -0.4 is 0 Å². The Hall–Kier alpha value is -1.84. The second-order valence-electron chi connectivity index (χ2n) is 13.7. The predicted octanol–water partition coefficient (Wildman–Crippen LogP) is 13.7. The summed E-state index contributed by atoms with van der Waals surface area (Å²) >= 11 is 0. The summed E-state index contributed by atoms with van der Waals surface area (Å²) in [5, 5.41) is 0. The van der Waals surface area contributed by atoms with Gasteiger partial charge in [-0.05, 0) is 37.1 Å². The van der Waals surface area contributed by atoms with Crippen LogP contribution in [0, 0.1) is 0 Å². The molecule has 0 saturated heterocycles. The predicted molar refractivity (Wildman–Crippen MR) is 197 cm³/mol. The van der Waals surface area contributed by atoms with Crippen LogP contribution in [0.25, 0.3) is 0 Å². The molecule has 1 rings (SSSR count). The van der Waals surface area contributed by atoms with E-state index in [9.17, 15) is 9.59 Å². The number of esters is 2. The van der Waals surface area contributed by atoms with Gasteiger partial charge < -0.3 is 9.47 Å². The van der Waals surface area contributed by atoms with Gasteiger partial charge in [-0.2, -0.15) is 0 Å². The third-order valence-corrected chi connectivity index (χ3v) is 9.32. The first-order chi connectivity index (χ1) is 22.7. The van der Waals surface area contributed by atoms with Crippen molar-refractivity contribution in [3.63, 3.8) is 0 Å². The number of carbonyl (C=O) groups is 2. The quantitative estimate of drug-likeness (QED) is 0.0554. The molecular formula is C42H74O4. The smallest absolute Gasteiger partial charge is 0.338 e. The molecule has 0 aliphatic rings. The molecule has 46 heavy (non-hydrogen) atoms. The number of unbranched alkanes of at least 4 members (excludes halogenated alkanes) is 28. The standard InChI is InChI=1S/C42H74O4/c1-3-5-7-9-11-13-15-17-19-21-23-25-27-29-31-37-45-41(43)39-33-35-40(36-34-39)42(44)46-38-32-30-28-26-24-22-20-18-16-14-12-10-8-6-4-2/h33-36H,3-32,37-38H2,1-2H3. The Balaban J connectivity index is 1.93. The van der Waals surface area contributed by atoms with Crippen molar-refractivity contribution >= 4 is 11.9 Å². The molecule has 0 bridgehead atoms. The Bertz CT molecular complexity index is 735. The highest BCUT2D eigenvalue weighted by Gasteiger charge is 2.11. The third-order valence-electron chi connectivity index (χ3n) is 9.32. The molecule has 266 valence electrons. The van der Waals surface area contributed by atoms with Crippen LogP contribution in [0.1, 0.15) is 227 Å². The van der Waals surface area contributed by atoms with Crippen LogP contribution >= 0.6 is 0 Å². The highest BCUT2D eigenvalue weighted by Crippen LogP contribution is 2.15. The van der Waals surface area contributed by atoms with Crippen LogP contribution in [-0.4, -0.2) is 25.2 Å². The molecule has 0 spiro atoms. The fourth-order valence-electron chi connectivity index (χ4n) is 6.19. The average Bonchev–Trinajstić information content (AvgIpc) is 3.07. The summed E-state index contributed by atoms with van der Waals surface area (Å²) in [6.45, 7) is 5.47. The summed E-state index contributed by atoms with van der Waals surface area (Å²) in [6, 6.07) is 6.66. The second-order valence-corrected chi connectivity index (χ2v) is 13.7. The zero-order chi connectivity index (χ0) is 33.2. The Kier molecular flexibility index (Phi) is 30.3. The average molecular weight is 643 g/mol. The molecule has 0 aliphatic carbocycles. The summed E-state index contributed by atoms with van der Waals surface area (Å²) in [4.78, 5) is 24.7. The van der Waals surface area contributed by atoms with Gasteiger partial charge in [-0.15, -0.1) is 0 Å². The van der Waals surface area contributed by atoms with Gasteiger partial charge >= 0.3 is 11.9 Å². The van der Waals surface area contributed by atoms with E-state index in [0.717, 1.165) is 25.7 Å². The maximum Gasteiger partial charge on any atom is 0.338 e. The molecule has 0 amide bonds. The molecule has 4 heteroatoms. The van der Waals surface area contributed by atoms with E-state index >= 15 is 0 Å². The molecule has 0 aromatic heterocycles. The SMILES string of the molecule is CCCCCCCCCCCCCCCCCOC(=O)c1ccc(C(=O)OCCCCCCCCCCCCCCCCC)cc1. The highest BCUT2D eigenvalue weighted by molar-refractivity contribution is 5.93. The fraction of sp³-hybridized carbons (Fsp3) is 0.810. The molecule has 0 N–H and O–H groups in total. The lowest BCUT2D eigenvalue weighted by Crippen LogP contribution is -2.09. The summed E-state index contributed by atoms with van der Waals surface area (Å²) in [5.74, 6) is -0.633. The van der Waals surface area contributed by atoms with Gasteiger partial charge in [0, 0.05) is 0 Å². The second kappa shape index (κ2) is 33.1. The lowest BCUT2D eigenvalue weighted by Gasteiger charge is -2.07. The van der Waals surface area contributed by atoms with Crippen LogP contribution in [0.3, 0.4) is 0 Å². The molecule has 1 aromatic carbocycles. The van der Waals surface area contributed by atoms with Crippen molar-refractivity contribution in [3.8, 4) is 0 Å². The van der Waals surface area contributed by atoms with E-state index in [1.165, 1.54) is 167 Å². The first kappa shape index (κ1) is 42.2. The summed E-state index contributed by atoms with van der Waals surface area (Å²) in [7, 11) is 0. The van der Waals surface area contributed by atoms with Crippen molar-refractivity contribution in [2.24, 2.45) is 0 Å². The van der Waals surface area contributed by atoms with Gasteiger partial charge in [0.05, 0.1) is 24.3 Å². The van der Waals surface area contributed by atoms with Gasteiger partial charge in [0.25, 0.3) is 0 Å². The summed E-state index contributed by atoms with van der Waals surface area (Å²) in [5.41, 5.74) is 0.972. The molecule has 0 saturated carbocycles. The molecule has 0 aliphatic heterocycles. The van der Waals surface area contributed by atoms with E-state index in [-0.39, 0.29) is 11.9 Å². The Morgan fingerprint density at radius 2 is 0.543 bits per heavy atom. The number of carbonyl (C=O) groups excluding carboxylic acids is 2. The minimum atomic E-state index is -0.317. The van der Waals surface area contributed by atoms with E-state index in [0.29, 0.717) is 24.3 Å². The van der Waals surface area contributed by atoms with Crippen LogP contribution in [0.2, 0.25) is 0 Å². The van der Waals surface area contributed by atoms with Gasteiger partial charge in [-0.1, -0.05) is 194 Å². The monoisotopic (exact) mass is 643 g/mol. The molecule has 0 unspecified atom stereocenters. The fourth-order valence-corrected chi connectivity index (χ4v) is 6.19. The van der Waals surface area contributed by atoms with Gasteiger partial charge in [0.2, 0.25) is 0 Å². The Morgan fingerprint density at radius 3 is 0.761 bits per heavy atom. The molecule has 0 radical (unpaired) electrons. The first-order valence-electron chi connectivity index (χ1n) is 20.1. The molecular weight excluding hydrogens is 568 g/mol. The van der Waals surface area contributed by atoms with Crippen LogP contribution in [0.4, 0.5) is 0 Å². The largest absolute Gasteiger partial charge is 0.462 e. The van der Waals surface area contributed by atoms with E-state index in [1.54, 1.807) is 24.3 Å². The van der Waals surface area contributed by atoms with E-state index in [1.807, 2.05) is 0 Å². The number of hydrogen-bond acceptors (Lipinski definition) is 4. The van der Waals surface area contributed by atoms with Crippen LogP contribution in [0.15, 0.2) is 24.3 Å². The van der Waals surface area contributed by atoms with Crippen molar-refractivity contribution in [1.29, 1.82) is 0 Å². The number of benzene rings is 1. The van der Waals surface area contributed by atoms with E-state index in [4.69, 9.17) is 9.47 Å². The van der Waals surface area contributed by atoms with Crippen LogP contribution in [-0.2, 0) is 9.47 Å². The topological polar surface area (TPSA) is 52.6 Å². The van der Waals surface area contributed by atoms with Crippen molar-refractivity contribution in [2.45, 2.75) is 206 Å². The van der Waals surface area contributed by atoms with E-state index in [2.05, 4.69) is 13.8 Å². The number of rotatable bonds is 34. The summed E-state index contributed by atoms with van der Waals surface area (Å²) in [6.07, 6.45) is 39.5. The maximum absolute atomic E-state index is 12.4. The lowest BCUT2D eigenvalue weighted by molar-refractivity contribution is 0.0483. The van der Waals surface area contributed by atoms with Crippen molar-refractivity contribution in [2.75, 3.05) is 13.2 Å².